The Morgan fingerprint density at radius 2 is 2.14 bits per heavy atom. The molecule has 0 spiro atoms. The molecule has 0 unspecified atom stereocenters. The number of anilines is 1. The Kier molecular flexibility index (Phi) is 3.25. The summed E-state index contributed by atoms with van der Waals surface area (Å²) in [6.07, 6.45) is 2.77. The molecule has 112 valence electrons. The lowest BCUT2D eigenvalue weighted by molar-refractivity contribution is 0.102. The van der Waals surface area contributed by atoms with Gasteiger partial charge in [-0.15, -0.1) is 0 Å². The van der Waals surface area contributed by atoms with Crippen molar-refractivity contribution in [3.63, 3.8) is 0 Å². The largest absolute Gasteiger partial charge is 0.504 e. The highest BCUT2D eigenvalue weighted by Crippen LogP contribution is 2.25. The van der Waals surface area contributed by atoms with E-state index in [-0.39, 0.29) is 11.7 Å². The fourth-order valence-electron chi connectivity index (χ4n) is 2.43. The molecule has 3 aromatic rings. The van der Waals surface area contributed by atoms with E-state index in [4.69, 9.17) is 0 Å². The van der Waals surface area contributed by atoms with Gasteiger partial charge < -0.3 is 10.4 Å². The second-order valence-electron chi connectivity index (χ2n) is 5.07. The maximum Gasteiger partial charge on any atom is 0.256 e. The third-order valence-electron chi connectivity index (χ3n) is 3.39. The third kappa shape index (κ3) is 2.26. The number of carbonyl (C=O) groups excluding carboxylic acids is 1. The average molecular weight is 297 g/mol. The molecule has 0 aliphatic heterocycles. The number of amides is 1. The van der Waals surface area contributed by atoms with Crippen molar-refractivity contribution in [1.29, 1.82) is 0 Å². The molecule has 3 heterocycles. The van der Waals surface area contributed by atoms with Gasteiger partial charge in [-0.2, -0.15) is 5.10 Å². The van der Waals surface area contributed by atoms with E-state index in [1.807, 2.05) is 13.8 Å². The summed E-state index contributed by atoms with van der Waals surface area (Å²) in [5, 5.41) is 17.4. The third-order valence-corrected chi connectivity index (χ3v) is 3.39. The molecule has 22 heavy (non-hydrogen) atoms. The summed E-state index contributed by atoms with van der Waals surface area (Å²) in [6.45, 7) is 3.66. The van der Waals surface area contributed by atoms with Crippen LogP contribution in [-0.2, 0) is 7.05 Å². The molecule has 0 radical (unpaired) electrons. The van der Waals surface area contributed by atoms with Gasteiger partial charge in [-0.05, 0) is 26.0 Å². The number of rotatable bonds is 2. The molecule has 0 saturated heterocycles. The normalized spacial score (nSPS) is 10.9. The van der Waals surface area contributed by atoms with E-state index >= 15 is 0 Å². The number of nitrogens with zero attached hydrogens (tertiary/aromatic N) is 4. The number of aryl methyl sites for hydroxylation is 3. The van der Waals surface area contributed by atoms with Gasteiger partial charge in [0.2, 0.25) is 0 Å². The monoisotopic (exact) mass is 297 g/mol. The molecular weight excluding hydrogens is 282 g/mol. The molecule has 0 bridgehead atoms. The van der Waals surface area contributed by atoms with Gasteiger partial charge in [0.15, 0.2) is 11.4 Å². The van der Waals surface area contributed by atoms with E-state index in [1.165, 1.54) is 18.5 Å². The molecule has 1 amide bonds. The van der Waals surface area contributed by atoms with Crippen LogP contribution in [0.2, 0.25) is 0 Å². The standard InChI is InChI=1S/C15H15N5O2/c1-8-6-10(13-9(2)19-20(3)14(13)17-8)15(22)18-11-4-5-16-7-12(11)21/h4-7,21H,1-3H3,(H,16,18,22). The second kappa shape index (κ2) is 5.10. The molecule has 2 N–H and O–H groups in total. The predicted molar refractivity (Wildman–Crippen MR) is 81.8 cm³/mol. The van der Waals surface area contributed by atoms with Crippen LogP contribution >= 0.6 is 0 Å². The van der Waals surface area contributed by atoms with Crippen LogP contribution in [0, 0.1) is 13.8 Å². The van der Waals surface area contributed by atoms with Gasteiger partial charge >= 0.3 is 0 Å². The average Bonchev–Trinajstić information content (AvgIpc) is 2.75. The first-order valence-corrected chi connectivity index (χ1v) is 6.72. The molecule has 0 atom stereocenters. The van der Waals surface area contributed by atoms with Gasteiger partial charge in [0, 0.05) is 18.9 Å². The summed E-state index contributed by atoms with van der Waals surface area (Å²) in [5.74, 6) is -0.408. The molecule has 0 saturated carbocycles. The van der Waals surface area contributed by atoms with Crippen LogP contribution in [0.4, 0.5) is 5.69 Å². The number of nitrogens with one attached hydrogen (secondary N) is 1. The SMILES string of the molecule is Cc1cc(C(=O)Nc2ccncc2O)c2c(C)nn(C)c2n1. The van der Waals surface area contributed by atoms with Crippen molar-refractivity contribution >= 4 is 22.6 Å². The van der Waals surface area contributed by atoms with E-state index in [1.54, 1.807) is 17.8 Å². The predicted octanol–water partition coefficient (Wildman–Crippen LogP) is 1.94. The first-order valence-electron chi connectivity index (χ1n) is 6.72. The van der Waals surface area contributed by atoms with Crippen LogP contribution in [0.25, 0.3) is 11.0 Å². The first kappa shape index (κ1) is 14.0. The Balaban J connectivity index is 2.10. The summed E-state index contributed by atoms with van der Waals surface area (Å²) < 4.78 is 1.65. The topological polar surface area (TPSA) is 92.9 Å². The van der Waals surface area contributed by atoms with Crippen molar-refractivity contribution in [2.75, 3.05) is 5.32 Å². The summed E-state index contributed by atoms with van der Waals surface area (Å²) in [6, 6.07) is 3.25. The van der Waals surface area contributed by atoms with Crippen molar-refractivity contribution < 1.29 is 9.90 Å². The number of fused-ring (bicyclic) bond motifs is 1. The van der Waals surface area contributed by atoms with Gasteiger partial charge in [0.25, 0.3) is 5.91 Å². The lowest BCUT2D eigenvalue weighted by Gasteiger charge is -2.08. The second-order valence-corrected chi connectivity index (χ2v) is 5.07. The maximum atomic E-state index is 12.6. The van der Waals surface area contributed by atoms with Crippen molar-refractivity contribution in [3.8, 4) is 5.75 Å². The van der Waals surface area contributed by atoms with Gasteiger partial charge in [-0.25, -0.2) is 4.98 Å². The van der Waals surface area contributed by atoms with Crippen LogP contribution in [-0.4, -0.2) is 30.8 Å². The van der Waals surface area contributed by atoms with Gasteiger partial charge in [0.05, 0.1) is 28.5 Å². The minimum absolute atomic E-state index is 0.0826. The Morgan fingerprint density at radius 1 is 1.36 bits per heavy atom. The highest BCUT2D eigenvalue weighted by molar-refractivity contribution is 6.13. The van der Waals surface area contributed by atoms with Gasteiger partial charge in [0.1, 0.15) is 0 Å². The lowest BCUT2D eigenvalue weighted by atomic mass is 10.1. The summed E-state index contributed by atoms with van der Waals surface area (Å²) in [5.41, 5.74) is 2.89. The summed E-state index contributed by atoms with van der Waals surface area (Å²) in [4.78, 5) is 20.8. The maximum absolute atomic E-state index is 12.6. The molecule has 0 aliphatic carbocycles. The van der Waals surface area contributed by atoms with Gasteiger partial charge in [-0.1, -0.05) is 0 Å². The van der Waals surface area contributed by atoms with E-state index in [0.717, 1.165) is 11.4 Å². The fraction of sp³-hybridized carbons (Fsp3) is 0.200. The number of hydrogen-bond acceptors (Lipinski definition) is 5. The number of carbonyl (C=O) groups is 1. The van der Waals surface area contributed by atoms with Gasteiger partial charge in [-0.3, -0.25) is 14.5 Å². The van der Waals surface area contributed by atoms with Crippen LogP contribution in [0.3, 0.4) is 0 Å². The van der Waals surface area contributed by atoms with Crippen molar-refractivity contribution in [3.05, 3.63) is 41.5 Å². The van der Waals surface area contributed by atoms with Crippen LogP contribution in [0.15, 0.2) is 24.5 Å². The molecule has 7 nitrogen and oxygen atoms in total. The molecular formula is C15H15N5O2. The Labute approximate surface area is 126 Å². The molecule has 0 aliphatic rings. The van der Waals surface area contributed by atoms with Crippen LogP contribution < -0.4 is 5.32 Å². The molecule has 0 aromatic carbocycles. The fourth-order valence-corrected chi connectivity index (χ4v) is 2.43. The highest BCUT2D eigenvalue weighted by atomic mass is 16.3. The molecule has 3 aromatic heterocycles. The van der Waals surface area contributed by atoms with Crippen LogP contribution in [0.1, 0.15) is 21.7 Å². The zero-order chi connectivity index (χ0) is 15.9. The molecule has 0 fully saturated rings. The zero-order valence-electron chi connectivity index (χ0n) is 12.5. The Bertz CT molecular complexity index is 885. The number of aromatic hydroxyl groups is 1. The van der Waals surface area contributed by atoms with E-state index in [9.17, 15) is 9.90 Å². The summed E-state index contributed by atoms with van der Waals surface area (Å²) in [7, 11) is 1.79. The Hall–Kier alpha value is -2.96. The zero-order valence-corrected chi connectivity index (χ0v) is 12.5. The van der Waals surface area contributed by atoms with Crippen molar-refractivity contribution in [2.24, 2.45) is 7.05 Å². The van der Waals surface area contributed by atoms with Crippen molar-refractivity contribution in [2.45, 2.75) is 13.8 Å². The molecule has 7 heteroatoms. The minimum atomic E-state index is -0.326. The minimum Gasteiger partial charge on any atom is -0.504 e. The summed E-state index contributed by atoms with van der Waals surface area (Å²) >= 11 is 0. The highest BCUT2D eigenvalue weighted by Gasteiger charge is 2.18. The quantitative estimate of drug-likeness (QED) is 0.754. The number of hydrogen-bond donors (Lipinski definition) is 2. The van der Waals surface area contributed by atoms with Crippen LogP contribution in [0.5, 0.6) is 5.75 Å². The molecule has 3 rings (SSSR count). The Morgan fingerprint density at radius 3 is 2.86 bits per heavy atom. The van der Waals surface area contributed by atoms with Crippen molar-refractivity contribution in [1.82, 2.24) is 19.7 Å². The lowest BCUT2D eigenvalue weighted by Crippen LogP contribution is -2.13. The number of aromatic nitrogens is 4. The first-order chi connectivity index (χ1) is 10.5. The van der Waals surface area contributed by atoms with E-state index < -0.39 is 0 Å². The van der Waals surface area contributed by atoms with E-state index in [2.05, 4.69) is 20.4 Å². The smallest absolute Gasteiger partial charge is 0.256 e. The van der Waals surface area contributed by atoms with E-state index in [0.29, 0.717) is 22.3 Å². The number of pyridine rings is 2.